The molecule has 0 aliphatic heterocycles. The molecular weight excluding hydrogens is 268 g/mol. The van der Waals surface area contributed by atoms with Crippen molar-refractivity contribution in [3.05, 3.63) is 42.2 Å². The summed E-state index contributed by atoms with van der Waals surface area (Å²) in [4.78, 5) is 12.1. The number of amides is 1. The van der Waals surface area contributed by atoms with E-state index in [0.717, 1.165) is 5.69 Å². The van der Waals surface area contributed by atoms with E-state index < -0.39 is 0 Å². The minimum Gasteiger partial charge on any atom is -0.396 e. The summed E-state index contributed by atoms with van der Waals surface area (Å²) in [6.07, 6.45) is 3.99. The highest BCUT2D eigenvalue weighted by atomic mass is 16.3. The first kappa shape index (κ1) is 15.2. The molecule has 1 amide bonds. The summed E-state index contributed by atoms with van der Waals surface area (Å²) in [6, 6.07) is 7.15. The maximum absolute atomic E-state index is 12.1. The van der Waals surface area contributed by atoms with Gasteiger partial charge >= 0.3 is 0 Å². The van der Waals surface area contributed by atoms with Gasteiger partial charge in [-0.25, -0.2) is 4.68 Å². The third-order valence-electron chi connectivity index (χ3n) is 3.33. The SMILES string of the molecule is CC(C)(CCO)CNC(=O)c1ccc(-n2ccnn2)cc1. The highest BCUT2D eigenvalue weighted by Gasteiger charge is 2.18. The number of nitrogens with one attached hydrogen (secondary N) is 1. The summed E-state index contributed by atoms with van der Waals surface area (Å²) in [5, 5.41) is 19.5. The minimum absolute atomic E-state index is 0.119. The number of hydrogen-bond acceptors (Lipinski definition) is 4. The monoisotopic (exact) mass is 288 g/mol. The van der Waals surface area contributed by atoms with Crippen LogP contribution in [0.2, 0.25) is 0 Å². The second kappa shape index (κ2) is 6.49. The summed E-state index contributed by atoms with van der Waals surface area (Å²) < 4.78 is 1.63. The van der Waals surface area contributed by atoms with Crippen molar-refractivity contribution in [3.63, 3.8) is 0 Å². The van der Waals surface area contributed by atoms with Crippen LogP contribution >= 0.6 is 0 Å². The molecule has 21 heavy (non-hydrogen) atoms. The highest BCUT2D eigenvalue weighted by Crippen LogP contribution is 2.18. The van der Waals surface area contributed by atoms with E-state index in [2.05, 4.69) is 15.6 Å². The number of rotatable bonds is 6. The van der Waals surface area contributed by atoms with Crippen molar-refractivity contribution < 1.29 is 9.90 Å². The topological polar surface area (TPSA) is 80.0 Å². The zero-order chi connectivity index (χ0) is 15.3. The predicted molar refractivity (Wildman–Crippen MR) is 79.2 cm³/mol. The average Bonchev–Trinajstić information content (AvgIpc) is 2.99. The number of aliphatic hydroxyl groups excluding tert-OH is 1. The smallest absolute Gasteiger partial charge is 0.251 e. The van der Waals surface area contributed by atoms with Crippen molar-refractivity contribution in [2.75, 3.05) is 13.2 Å². The molecule has 112 valence electrons. The van der Waals surface area contributed by atoms with Crippen molar-refractivity contribution in [3.8, 4) is 5.69 Å². The van der Waals surface area contributed by atoms with Gasteiger partial charge in [0.2, 0.25) is 0 Å². The molecule has 6 heteroatoms. The van der Waals surface area contributed by atoms with Gasteiger partial charge in [-0.15, -0.1) is 5.10 Å². The molecule has 2 rings (SSSR count). The first-order valence-electron chi connectivity index (χ1n) is 6.88. The van der Waals surface area contributed by atoms with Crippen LogP contribution < -0.4 is 5.32 Å². The molecule has 0 spiro atoms. The molecule has 0 aliphatic carbocycles. The van der Waals surface area contributed by atoms with Crippen LogP contribution in [0.1, 0.15) is 30.6 Å². The molecule has 6 nitrogen and oxygen atoms in total. The lowest BCUT2D eigenvalue weighted by molar-refractivity contribution is 0.0928. The second-order valence-electron chi connectivity index (χ2n) is 5.71. The van der Waals surface area contributed by atoms with E-state index in [1.54, 1.807) is 29.2 Å². The van der Waals surface area contributed by atoms with Crippen LogP contribution in [0.15, 0.2) is 36.7 Å². The molecule has 1 aromatic carbocycles. The molecule has 0 unspecified atom stereocenters. The van der Waals surface area contributed by atoms with Crippen molar-refractivity contribution >= 4 is 5.91 Å². The van der Waals surface area contributed by atoms with Crippen LogP contribution in [-0.4, -0.2) is 39.2 Å². The molecule has 0 saturated carbocycles. The third kappa shape index (κ3) is 4.13. The van der Waals surface area contributed by atoms with Crippen LogP contribution in [0.3, 0.4) is 0 Å². The summed E-state index contributed by atoms with van der Waals surface area (Å²) >= 11 is 0. The van der Waals surface area contributed by atoms with Crippen LogP contribution in [0.5, 0.6) is 0 Å². The average molecular weight is 288 g/mol. The van der Waals surface area contributed by atoms with Crippen LogP contribution in [0.4, 0.5) is 0 Å². The Morgan fingerprint density at radius 2 is 2.05 bits per heavy atom. The Hall–Kier alpha value is -2.21. The predicted octanol–water partition coefficient (Wildman–Crippen LogP) is 1.41. The van der Waals surface area contributed by atoms with Gasteiger partial charge in [-0.2, -0.15) is 0 Å². The first-order valence-corrected chi connectivity index (χ1v) is 6.88. The summed E-state index contributed by atoms with van der Waals surface area (Å²) in [6.45, 7) is 4.67. The van der Waals surface area contributed by atoms with Gasteiger partial charge in [0.05, 0.1) is 18.1 Å². The number of carbonyl (C=O) groups is 1. The molecule has 2 N–H and O–H groups in total. The van der Waals surface area contributed by atoms with Gasteiger partial charge < -0.3 is 10.4 Å². The Bertz CT molecular complexity index is 576. The highest BCUT2D eigenvalue weighted by molar-refractivity contribution is 5.94. The Morgan fingerprint density at radius 3 is 2.62 bits per heavy atom. The molecule has 0 bridgehead atoms. The minimum atomic E-state index is -0.120. The Balaban J connectivity index is 1.97. The lowest BCUT2D eigenvalue weighted by Crippen LogP contribution is -2.34. The molecule has 0 radical (unpaired) electrons. The number of benzene rings is 1. The van der Waals surface area contributed by atoms with Crippen LogP contribution in [0.25, 0.3) is 5.69 Å². The van der Waals surface area contributed by atoms with Crippen molar-refractivity contribution in [1.29, 1.82) is 0 Å². The van der Waals surface area contributed by atoms with Gasteiger partial charge in [0, 0.05) is 18.7 Å². The zero-order valence-electron chi connectivity index (χ0n) is 12.3. The van der Waals surface area contributed by atoms with Crippen molar-refractivity contribution in [1.82, 2.24) is 20.3 Å². The Labute approximate surface area is 123 Å². The van der Waals surface area contributed by atoms with E-state index in [1.807, 2.05) is 26.0 Å². The Morgan fingerprint density at radius 1 is 1.33 bits per heavy atom. The maximum atomic E-state index is 12.1. The first-order chi connectivity index (χ1) is 10.0. The second-order valence-corrected chi connectivity index (χ2v) is 5.71. The van der Waals surface area contributed by atoms with Crippen molar-refractivity contribution in [2.24, 2.45) is 5.41 Å². The standard InChI is InChI=1S/C15H20N4O2/c1-15(2,7-10-20)11-16-14(21)12-3-5-13(6-4-12)19-9-8-17-18-19/h3-6,8-9,20H,7,10-11H2,1-2H3,(H,16,21). The van der Waals surface area contributed by atoms with Gasteiger partial charge in [0.15, 0.2) is 0 Å². The summed E-state index contributed by atoms with van der Waals surface area (Å²) in [5.74, 6) is -0.119. The third-order valence-corrected chi connectivity index (χ3v) is 3.33. The summed E-state index contributed by atoms with van der Waals surface area (Å²) in [5.41, 5.74) is 1.33. The van der Waals surface area contributed by atoms with E-state index in [0.29, 0.717) is 18.5 Å². The Kier molecular flexibility index (Phi) is 4.70. The van der Waals surface area contributed by atoms with E-state index in [9.17, 15) is 4.79 Å². The largest absolute Gasteiger partial charge is 0.396 e. The molecule has 2 aromatic rings. The fraction of sp³-hybridized carbons (Fsp3) is 0.400. The number of carbonyl (C=O) groups excluding carboxylic acids is 1. The zero-order valence-corrected chi connectivity index (χ0v) is 12.3. The lowest BCUT2D eigenvalue weighted by atomic mass is 9.89. The van der Waals surface area contributed by atoms with E-state index in [4.69, 9.17) is 5.11 Å². The number of aromatic nitrogens is 3. The molecule has 0 aliphatic rings. The molecule has 0 fully saturated rings. The molecule has 0 saturated heterocycles. The van der Waals surface area contributed by atoms with E-state index in [-0.39, 0.29) is 17.9 Å². The van der Waals surface area contributed by atoms with Crippen molar-refractivity contribution in [2.45, 2.75) is 20.3 Å². The molecular formula is C15H20N4O2. The normalized spacial score (nSPS) is 11.4. The van der Waals surface area contributed by atoms with Gasteiger partial charge in [-0.3, -0.25) is 4.79 Å². The quantitative estimate of drug-likeness (QED) is 0.842. The van der Waals surface area contributed by atoms with E-state index >= 15 is 0 Å². The number of hydrogen-bond donors (Lipinski definition) is 2. The van der Waals surface area contributed by atoms with Crippen LogP contribution in [0, 0.1) is 5.41 Å². The summed E-state index contributed by atoms with van der Waals surface area (Å²) in [7, 11) is 0. The van der Waals surface area contributed by atoms with Crippen LogP contribution in [-0.2, 0) is 0 Å². The van der Waals surface area contributed by atoms with Gasteiger partial charge in [-0.05, 0) is 36.1 Å². The molecule has 0 atom stereocenters. The van der Waals surface area contributed by atoms with Gasteiger partial charge in [0.1, 0.15) is 0 Å². The number of aliphatic hydroxyl groups is 1. The number of nitrogens with zero attached hydrogens (tertiary/aromatic N) is 3. The fourth-order valence-electron chi connectivity index (χ4n) is 1.92. The lowest BCUT2D eigenvalue weighted by Gasteiger charge is -2.23. The fourth-order valence-corrected chi connectivity index (χ4v) is 1.92. The molecule has 1 aromatic heterocycles. The van der Waals surface area contributed by atoms with Gasteiger partial charge in [0.25, 0.3) is 5.91 Å². The van der Waals surface area contributed by atoms with Gasteiger partial charge in [-0.1, -0.05) is 19.1 Å². The van der Waals surface area contributed by atoms with E-state index in [1.165, 1.54) is 0 Å². The molecule has 1 heterocycles. The maximum Gasteiger partial charge on any atom is 0.251 e.